The molecule has 0 aliphatic carbocycles. The predicted molar refractivity (Wildman–Crippen MR) is 52.2 cm³/mol. The maximum atomic E-state index is 11.3. The van der Waals surface area contributed by atoms with Gasteiger partial charge in [0.05, 0.1) is 6.61 Å². The molecule has 0 N–H and O–H groups in total. The standard InChI is InChI=1S/C9H11ClN2O2/c1-6(2)5-14-8(13)7-3-4-11-9(10)12-7/h3-4,6H,5H2,1-2H3. The van der Waals surface area contributed by atoms with E-state index in [1.54, 1.807) is 0 Å². The van der Waals surface area contributed by atoms with Crippen molar-refractivity contribution in [2.24, 2.45) is 5.92 Å². The lowest BCUT2D eigenvalue weighted by Gasteiger charge is -2.05. The highest BCUT2D eigenvalue weighted by Crippen LogP contribution is 2.03. The summed E-state index contributed by atoms with van der Waals surface area (Å²) in [6.45, 7) is 4.29. The second kappa shape index (κ2) is 4.91. The van der Waals surface area contributed by atoms with E-state index in [-0.39, 0.29) is 11.0 Å². The van der Waals surface area contributed by atoms with Crippen LogP contribution in [0.2, 0.25) is 5.28 Å². The van der Waals surface area contributed by atoms with Gasteiger partial charge in [0.1, 0.15) is 0 Å². The lowest BCUT2D eigenvalue weighted by molar-refractivity contribution is 0.0452. The Morgan fingerprint density at radius 3 is 2.93 bits per heavy atom. The van der Waals surface area contributed by atoms with E-state index in [0.29, 0.717) is 12.5 Å². The molecular weight excluding hydrogens is 204 g/mol. The van der Waals surface area contributed by atoms with Crippen LogP contribution in [0, 0.1) is 5.92 Å². The molecule has 0 aliphatic heterocycles. The van der Waals surface area contributed by atoms with Gasteiger partial charge in [0.25, 0.3) is 0 Å². The highest BCUT2D eigenvalue weighted by atomic mass is 35.5. The van der Waals surface area contributed by atoms with Crippen LogP contribution in [-0.4, -0.2) is 22.5 Å². The van der Waals surface area contributed by atoms with Gasteiger partial charge in [0, 0.05) is 6.20 Å². The summed E-state index contributed by atoms with van der Waals surface area (Å²) in [4.78, 5) is 18.7. The van der Waals surface area contributed by atoms with Gasteiger partial charge in [-0.2, -0.15) is 0 Å². The molecule has 1 rings (SSSR count). The molecule has 0 fully saturated rings. The van der Waals surface area contributed by atoms with Crippen LogP contribution in [0.4, 0.5) is 0 Å². The minimum Gasteiger partial charge on any atom is -0.461 e. The Morgan fingerprint density at radius 2 is 2.36 bits per heavy atom. The van der Waals surface area contributed by atoms with E-state index in [9.17, 15) is 4.79 Å². The number of hydrogen-bond acceptors (Lipinski definition) is 4. The number of hydrogen-bond donors (Lipinski definition) is 0. The zero-order valence-electron chi connectivity index (χ0n) is 8.03. The Kier molecular flexibility index (Phi) is 3.83. The minimum absolute atomic E-state index is 0.0454. The number of ether oxygens (including phenoxy) is 1. The number of halogens is 1. The van der Waals surface area contributed by atoms with Crippen LogP contribution in [0.5, 0.6) is 0 Å². The predicted octanol–water partition coefficient (Wildman–Crippen LogP) is 1.94. The molecule has 0 atom stereocenters. The van der Waals surface area contributed by atoms with Crippen molar-refractivity contribution >= 4 is 17.6 Å². The van der Waals surface area contributed by atoms with Crippen molar-refractivity contribution in [2.45, 2.75) is 13.8 Å². The van der Waals surface area contributed by atoms with Gasteiger partial charge in [-0.05, 0) is 23.6 Å². The Hall–Kier alpha value is -1.16. The van der Waals surface area contributed by atoms with Gasteiger partial charge in [-0.15, -0.1) is 0 Å². The van der Waals surface area contributed by atoms with Gasteiger partial charge in [0.2, 0.25) is 5.28 Å². The molecule has 0 spiro atoms. The molecule has 0 aliphatic rings. The molecule has 5 heteroatoms. The number of carbonyl (C=O) groups is 1. The molecule has 0 saturated heterocycles. The molecule has 4 nitrogen and oxygen atoms in total. The van der Waals surface area contributed by atoms with E-state index >= 15 is 0 Å². The van der Waals surface area contributed by atoms with Crippen LogP contribution >= 0.6 is 11.6 Å². The van der Waals surface area contributed by atoms with E-state index < -0.39 is 5.97 Å². The summed E-state index contributed by atoms with van der Waals surface area (Å²) < 4.78 is 4.96. The summed E-state index contributed by atoms with van der Waals surface area (Å²) in [7, 11) is 0. The fraction of sp³-hybridized carbons (Fsp3) is 0.444. The molecule has 1 heterocycles. The number of rotatable bonds is 3. The molecule has 1 aromatic heterocycles. The molecule has 76 valence electrons. The number of aromatic nitrogens is 2. The smallest absolute Gasteiger partial charge is 0.357 e. The van der Waals surface area contributed by atoms with Crippen LogP contribution in [0.3, 0.4) is 0 Å². The first-order valence-corrected chi connectivity index (χ1v) is 4.63. The van der Waals surface area contributed by atoms with Crippen molar-refractivity contribution in [2.75, 3.05) is 6.61 Å². The third-order valence-corrected chi connectivity index (χ3v) is 1.57. The Morgan fingerprint density at radius 1 is 1.64 bits per heavy atom. The van der Waals surface area contributed by atoms with E-state index in [4.69, 9.17) is 16.3 Å². The summed E-state index contributed by atoms with van der Waals surface area (Å²) >= 11 is 5.52. The molecule has 14 heavy (non-hydrogen) atoms. The first kappa shape index (κ1) is 10.9. The molecule has 0 aromatic carbocycles. The third kappa shape index (κ3) is 3.30. The average Bonchev–Trinajstić information content (AvgIpc) is 2.14. The third-order valence-electron chi connectivity index (χ3n) is 1.38. The minimum atomic E-state index is -0.469. The molecule has 0 unspecified atom stereocenters. The van der Waals surface area contributed by atoms with Crippen LogP contribution < -0.4 is 0 Å². The second-order valence-electron chi connectivity index (χ2n) is 3.20. The molecule has 0 radical (unpaired) electrons. The first-order valence-electron chi connectivity index (χ1n) is 4.25. The van der Waals surface area contributed by atoms with E-state index in [1.807, 2.05) is 13.8 Å². The van der Waals surface area contributed by atoms with Gasteiger partial charge < -0.3 is 4.74 Å². The summed E-state index contributed by atoms with van der Waals surface area (Å²) in [6.07, 6.45) is 1.42. The Bertz CT molecular complexity index is 328. The lowest BCUT2D eigenvalue weighted by Crippen LogP contribution is -2.11. The second-order valence-corrected chi connectivity index (χ2v) is 3.54. The zero-order valence-corrected chi connectivity index (χ0v) is 8.78. The molecule has 1 aromatic rings. The van der Waals surface area contributed by atoms with Gasteiger partial charge in [-0.25, -0.2) is 14.8 Å². The van der Waals surface area contributed by atoms with Gasteiger partial charge in [-0.3, -0.25) is 0 Å². The van der Waals surface area contributed by atoms with Crippen molar-refractivity contribution in [3.05, 3.63) is 23.2 Å². The summed E-state index contributed by atoms with van der Waals surface area (Å²) in [6, 6.07) is 1.47. The van der Waals surface area contributed by atoms with Crippen molar-refractivity contribution in [1.82, 2.24) is 9.97 Å². The lowest BCUT2D eigenvalue weighted by atomic mass is 10.2. The maximum absolute atomic E-state index is 11.3. The summed E-state index contributed by atoms with van der Waals surface area (Å²) in [5.41, 5.74) is 0.186. The van der Waals surface area contributed by atoms with Crippen molar-refractivity contribution < 1.29 is 9.53 Å². The molecule has 0 amide bonds. The Labute approximate surface area is 87.3 Å². The largest absolute Gasteiger partial charge is 0.461 e. The zero-order chi connectivity index (χ0) is 10.6. The summed E-state index contributed by atoms with van der Waals surface area (Å²) in [5, 5.41) is 0.0454. The van der Waals surface area contributed by atoms with Crippen LogP contribution in [-0.2, 0) is 4.74 Å². The summed E-state index contributed by atoms with van der Waals surface area (Å²) in [5.74, 6) is -0.167. The van der Waals surface area contributed by atoms with Gasteiger partial charge >= 0.3 is 5.97 Å². The first-order chi connectivity index (χ1) is 6.59. The molecule has 0 bridgehead atoms. The average molecular weight is 215 g/mol. The van der Waals surface area contributed by atoms with E-state index in [2.05, 4.69) is 9.97 Å². The van der Waals surface area contributed by atoms with E-state index in [0.717, 1.165) is 0 Å². The SMILES string of the molecule is CC(C)COC(=O)c1ccnc(Cl)n1. The van der Waals surface area contributed by atoms with Gasteiger partial charge in [0.15, 0.2) is 5.69 Å². The normalized spacial score (nSPS) is 10.3. The number of carbonyl (C=O) groups excluding carboxylic acids is 1. The fourth-order valence-electron chi connectivity index (χ4n) is 0.765. The topological polar surface area (TPSA) is 52.1 Å². The molecular formula is C9H11ClN2O2. The van der Waals surface area contributed by atoms with Crippen molar-refractivity contribution in [1.29, 1.82) is 0 Å². The number of esters is 1. The Balaban J connectivity index is 2.61. The fourth-order valence-corrected chi connectivity index (χ4v) is 0.912. The van der Waals surface area contributed by atoms with Crippen molar-refractivity contribution in [3.63, 3.8) is 0 Å². The quantitative estimate of drug-likeness (QED) is 0.570. The highest BCUT2D eigenvalue weighted by molar-refractivity contribution is 6.28. The van der Waals surface area contributed by atoms with Gasteiger partial charge in [-0.1, -0.05) is 13.8 Å². The van der Waals surface area contributed by atoms with E-state index in [1.165, 1.54) is 12.3 Å². The highest BCUT2D eigenvalue weighted by Gasteiger charge is 2.09. The number of nitrogens with zero attached hydrogens (tertiary/aromatic N) is 2. The monoisotopic (exact) mass is 214 g/mol. The van der Waals surface area contributed by atoms with Crippen LogP contribution in [0.15, 0.2) is 12.3 Å². The van der Waals surface area contributed by atoms with Crippen LogP contribution in [0.1, 0.15) is 24.3 Å². The molecule has 0 saturated carbocycles. The van der Waals surface area contributed by atoms with Crippen LogP contribution in [0.25, 0.3) is 0 Å². The maximum Gasteiger partial charge on any atom is 0.357 e. The van der Waals surface area contributed by atoms with Crippen molar-refractivity contribution in [3.8, 4) is 0 Å².